The number of aliphatic hydroxyl groups excluding tert-OH is 1. The van der Waals surface area contributed by atoms with Crippen molar-refractivity contribution in [3.05, 3.63) is 173 Å². The normalized spacial score (nSPS) is 13.4. The number of benzene rings is 5. The van der Waals surface area contributed by atoms with Gasteiger partial charge in [0.25, 0.3) is 0 Å². The molecule has 0 heterocycles. The molecule has 4 nitrogen and oxygen atoms in total. The first kappa shape index (κ1) is 30.2. The molecule has 5 aromatic carbocycles. The molecule has 220 valence electrons. The van der Waals surface area contributed by atoms with Crippen LogP contribution < -0.4 is 10.5 Å². The van der Waals surface area contributed by atoms with Crippen LogP contribution in [0.5, 0.6) is 5.75 Å². The van der Waals surface area contributed by atoms with Crippen molar-refractivity contribution < 1.29 is 9.84 Å². The zero-order valence-electron chi connectivity index (χ0n) is 24.7. The van der Waals surface area contributed by atoms with Crippen molar-refractivity contribution in [3.8, 4) is 5.75 Å². The SMILES string of the molecule is N[C@@H](Cc1ccccc1)C[C@H](O)[C@H](Cc1ccc(OCc2ccccc2)cc1)N(Cc1ccccc1)Cc1ccccc1. The Labute approximate surface area is 256 Å². The molecule has 3 N–H and O–H groups in total. The van der Waals surface area contributed by atoms with Crippen molar-refractivity contribution >= 4 is 0 Å². The van der Waals surface area contributed by atoms with Crippen LogP contribution in [0.2, 0.25) is 0 Å². The third-order valence-electron chi connectivity index (χ3n) is 7.87. The Morgan fingerprint density at radius 3 is 1.49 bits per heavy atom. The zero-order valence-corrected chi connectivity index (χ0v) is 24.7. The molecule has 0 radical (unpaired) electrons. The Hall–Kier alpha value is -4.22. The van der Waals surface area contributed by atoms with Crippen molar-refractivity contribution in [1.82, 2.24) is 4.90 Å². The lowest BCUT2D eigenvalue weighted by Gasteiger charge is -2.36. The predicted octanol–water partition coefficient (Wildman–Crippen LogP) is 7.20. The van der Waals surface area contributed by atoms with E-state index in [4.69, 9.17) is 10.5 Å². The van der Waals surface area contributed by atoms with Gasteiger partial charge in [-0.05, 0) is 59.2 Å². The fourth-order valence-corrected chi connectivity index (χ4v) is 5.61. The van der Waals surface area contributed by atoms with Crippen molar-refractivity contribution in [1.29, 1.82) is 0 Å². The minimum absolute atomic E-state index is 0.140. The highest BCUT2D eigenvalue weighted by atomic mass is 16.5. The molecule has 43 heavy (non-hydrogen) atoms. The number of ether oxygens (including phenoxy) is 1. The van der Waals surface area contributed by atoms with Crippen molar-refractivity contribution in [2.75, 3.05) is 0 Å². The molecule has 0 saturated heterocycles. The lowest BCUT2D eigenvalue weighted by atomic mass is 9.92. The lowest BCUT2D eigenvalue weighted by molar-refractivity contribution is 0.0301. The molecule has 0 unspecified atom stereocenters. The van der Waals surface area contributed by atoms with Crippen LogP contribution in [0.15, 0.2) is 146 Å². The predicted molar refractivity (Wildman–Crippen MR) is 176 cm³/mol. The van der Waals surface area contributed by atoms with Crippen LogP contribution in [-0.4, -0.2) is 28.2 Å². The minimum atomic E-state index is -0.611. The molecule has 0 aliphatic carbocycles. The summed E-state index contributed by atoms with van der Waals surface area (Å²) in [5, 5.41) is 11.9. The summed E-state index contributed by atoms with van der Waals surface area (Å²) in [7, 11) is 0. The van der Waals surface area contributed by atoms with E-state index in [1.165, 1.54) is 16.7 Å². The summed E-state index contributed by atoms with van der Waals surface area (Å²) in [4.78, 5) is 2.41. The molecule has 3 atom stereocenters. The van der Waals surface area contributed by atoms with Gasteiger partial charge in [-0.15, -0.1) is 0 Å². The second-order valence-corrected chi connectivity index (χ2v) is 11.3. The van der Waals surface area contributed by atoms with Crippen LogP contribution in [0.4, 0.5) is 0 Å². The van der Waals surface area contributed by atoms with E-state index in [2.05, 4.69) is 89.8 Å². The van der Waals surface area contributed by atoms with E-state index in [1.54, 1.807) is 0 Å². The minimum Gasteiger partial charge on any atom is -0.489 e. The van der Waals surface area contributed by atoms with Gasteiger partial charge in [0.05, 0.1) is 6.10 Å². The third-order valence-corrected chi connectivity index (χ3v) is 7.87. The molecular formula is C39H42N2O2. The summed E-state index contributed by atoms with van der Waals surface area (Å²) in [6.45, 7) is 1.98. The number of hydrogen-bond donors (Lipinski definition) is 2. The second kappa shape index (κ2) is 15.9. The molecule has 0 aliphatic rings. The molecule has 0 saturated carbocycles. The first-order valence-electron chi connectivity index (χ1n) is 15.2. The maximum Gasteiger partial charge on any atom is 0.119 e. The molecule has 0 aromatic heterocycles. The Morgan fingerprint density at radius 2 is 0.977 bits per heavy atom. The van der Waals surface area contributed by atoms with Gasteiger partial charge in [-0.25, -0.2) is 0 Å². The average molecular weight is 571 g/mol. The number of rotatable bonds is 15. The van der Waals surface area contributed by atoms with Gasteiger partial charge < -0.3 is 15.6 Å². The molecule has 5 rings (SSSR count). The largest absolute Gasteiger partial charge is 0.489 e. The quantitative estimate of drug-likeness (QED) is 0.140. The monoisotopic (exact) mass is 570 g/mol. The van der Waals surface area contributed by atoms with E-state index in [1.807, 2.05) is 60.7 Å². The Kier molecular flexibility index (Phi) is 11.2. The fourth-order valence-electron chi connectivity index (χ4n) is 5.61. The molecule has 4 heteroatoms. The van der Waals surface area contributed by atoms with Crippen molar-refractivity contribution in [2.45, 2.75) is 57.1 Å². The number of nitrogens with zero attached hydrogens (tertiary/aromatic N) is 1. The molecule has 0 amide bonds. The highest BCUT2D eigenvalue weighted by molar-refractivity contribution is 5.29. The highest BCUT2D eigenvalue weighted by Gasteiger charge is 2.28. The fraction of sp³-hybridized carbons (Fsp3) is 0.231. The van der Waals surface area contributed by atoms with Gasteiger partial charge in [0.2, 0.25) is 0 Å². The van der Waals surface area contributed by atoms with E-state index in [0.29, 0.717) is 19.4 Å². The van der Waals surface area contributed by atoms with Crippen molar-refractivity contribution in [3.63, 3.8) is 0 Å². The van der Waals surface area contributed by atoms with E-state index in [0.717, 1.165) is 36.4 Å². The van der Waals surface area contributed by atoms with Crippen LogP contribution in [0.3, 0.4) is 0 Å². The number of hydrogen-bond acceptors (Lipinski definition) is 4. The maximum atomic E-state index is 11.9. The van der Waals surface area contributed by atoms with E-state index in [-0.39, 0.29) is 12.1 Å². The van der Waals surface area contributed by atoms with Crippen LogP contribution in [0, 0.1) is 0 Å². The number of nitrogens with two attached hydrogens (primary N) is 1. The van der Waals surface area contributed by atoms with E-state index < -0.39 is 6.10 Å². The molecule has 0 bridgehead atoms. The average Bonchev–Trinajstić information content (AvgIpc) is 3.05. The molecule has 0 spiro atoms. The summed E-state index contributed by atoms with van der Waals surface area (Å²) in [5.41, 5.74) is 12.6. The maximum absolute atomic E-state index is 11.9. The topological polar surface area (TPSA) is 58.7 Å². The van der Waals surface area contributed by atoms with Crippen LogP contribution in [-0.2, 0) is 32.5 Å². The van der Waals surface area contributed by atoms with Crippen LogP contribution in [0.25, 0.3) is 0 Å². The van der Waals surface area contributed by atoms with Crippen LogP contribution >= 0.6 is 0 Å². The molecule has 0 fully saturated rings. The Bertz CT molecular complexity index is 1420. The van der Waals surface area contributed by atoms with Gasteiger partial charge in [0.1, 0.15) is 12.4 Å². The lowest BCUT2D eigenvalue weighted by Crippen LogP contribution is -2.46. The van der Waals surface area contributed by atoms with Crippen LogP contribution in [0.1, 0.15) is 34.2 Å². The summed E-state index contributed by atoms with van der Waals surface area (Å²) in [6.07, 6.45) is 1.32. The standard InChI is InChI=1S/C39H42N2O2/c40-36(25-31-13-5-1-6-14-31)27-39(42)38(26-32-21-23-37(24-22-32)43-30-35-19-11-4-12-20-35)41(28-33-15-7-2-8-16-33)29-34-17-9-3-10-18-34/h1-24,36,38-39,42H,25-30,40H2/t36-,38-,39-/m0/s1. The number of aliphatic hydroxyl groups is 1. The first-order valence-corrected chi connectivity index (χ1v) is 15.2. The van der Waals surface area contributed by atoms with Gasteiger partial charge in [-0.2, -0.15) is 0 Å². The van der Waals surface area contributed by atoms with E-state index in [9.17, 15) is 5.11 Å². The Balaban J connectivity index is 1.36. The van der Waals surface area contributed by atoms with Gasteiger partial charge in [0.15, 0.2) is 0 Å². The Morgan fingerprint density at radius 1 is 0.535 bits per heavy atom. The molecule has 0 aliphatic heterocycles. The zero-order chi connectivity index (χ0) is 29.7. The first-order chi connectivity index (χ1) is 21.1. The van der Waals surface area contributed by atoms with Gasteiger partial charge in [-0.3, -0.25) is 4.90 Å². The summed E-state index contributed by atoms with van der Waals surface area (Å²) < 4.78 is 6.04. The van der Waals surface area contributed by atoms with Crippen molar-refractivity contribution in [2.24, 2.45) is 5.73 Å². The third kappa shape index (κ3) is 9.65. The second-order valence-electron chi connectivity index (χ2n) is 11.3. The van der Waals surface area contributed by atoms with Gasteiger partial charge in [0, 0.05) is 25.2 Å². The smallest absolute Gasteiger partial charge is 0.119 e. The summed E-state index contributed by atoms with van der Waals surface area (Å²) in [5.74, 6) is 0.833. The van der Waals surface area contributed by atoms with E-state index >= 15 is 0 Å². The molecule has 5 aromatic rings. The van der Waals surface area contributed by atoms with Gasteiger partial charge >= 0.3 is 0 Å². The summed E-state index contributed by atoms with van der Waals surface area (Å²) >= 11 is 0. The summed E-state index contributed by atoms with van der Waals surface area (Å²) in [6, 6.07) is 49.5. The highest BCUT2D eigenvalue weighted by Crippen LogP contribution is 2.23. The van der Waals surface area contributed by atoms with Gasteiger partial charge in [-0.1, -0.05) is 133 Å². The molecular weight excluding hydrogens is 528 g/mol.